The van der Waals surface area contributed by atoms with Gasteiger partial charge < -0.3 is 0 Å². The van der Waals surface area contributed by atoms with Crippen molar-refractivity contribution in [1.82, 2.24) is 9.71 Å². The molecule has 0 aliphatic heterocycles. The molecule has 2 rings (SSSR count). The van der Waals surface area contributed by atoms with E-state index in [4.69, 9.17) is 16.4 Å². The average Bonchev–Trinajstić information content (AvgIpc) is 2.44. The van der Waals surface area contributed by atoms with Gasteiger partial charge in [0.15, 0.2) is 0 Å². The van der Waals surface area contributed by atoms with Crippen LogP contribution in [0.15, 0.2) is 47.5 Å². The summed E-state index contributed by atoms with van der Waals surface area (Å²) >= 11 is 7.60. The molecule has 1 heterocycles. The standard InChI is InChI=1S/C13H14ClN3OS/c1-18-17-10-5-6-12(14)13(8-10)19-16-9-11-4-2-3-7-15-11/h2-8,16-17H,9H2,1H3. The fourth-order valence-corrected chi connectivity index (χ4v) is 2.41. The van der Waals surface area contributed by atoms with Gasteiger partial charge in [0.1, 0.15) is 0 Å². The molecule has 0 fully saturated rings. The molecule has 0 aliphatic carbocycles. The Labute approximate surface area is 121 Å². The molecule has 0 spiro atoms. The third-order valence-corrected chi connectivity index (χ3v) is 3.60. The Kier molecular flexibility index (Phi) is 5.47. The van der Waals surface area contributed by atoms with Gasteiger partial charge in [-0.05, 0) is 42.3 Å². The highest BCUT2D eigenvalue weighted by molar-refractivity contribution is 7.97. The van der Waals surface area contributed by atoms with Crippen LogP contribution in [0.2, 0.25) is 5.02 Å². The molecule has 4 nitrogen and oxygen atoms in total. The van der Waals surface area contributed by atoms with Crippen LogP contribution in [0.3, 0.4) is 0 Å². The summed E-state index contributed by atoms with van der Waals surface area (Å²) in [6.07, 6.45) is 1.78. The number of halogens is 1. The van der Waals surface area contributed by atoms with Gasteiger partial charge >= 0.3 is 0 Å². The molecular weight excluding hydrogens is 282 g/mol. The fourth-order valence-electron chi connectivity index (χ4n) is 1.45. The Morgan fingerprint density at radius 3 is 2.95 bits per heavy atom. The van der Waals surface area contributed by atoms with Crippen molar-refractivity contribution in [2.45, 2.75) is 11.4 Å². The zero-order valence-corrected chi connectivity index (χ0v) is 12.0. The van der Waals surface area contributed by atoms with E-state index in [1.165, 1.54) is 11.9 Å². The number of aromatic nitrogens is 1. The third kappa shape index (κ3) is 4.40. The lowest BCUT2D eigenvalue weighted by Gasteiger charge is -2.08. The number of pyridine rings is 1. The number of nitrogens with zero attached hydrogens (tertiary/aromatic N) is 1. The minimum atomic E-state index is 0.670. The first-order valence-electron chi connectivity index (χ1n) is 5.68. The second kappa shape index (κ2) is 7.35. The van der Waals surface area contributed by atoms with Crippen molar-refractivity contribution in [1.29, 1.82) is 0 Å². The summed E-state index contributed by atoms with van der Waals surface area (Å²) < 4.78 is 3.23. The SMILES string of the molecule is CONc1ccc(Cl)c(SNCc2ccccn2)c1. The second-order valence-electron chi connectivity index (χ2n) is 3.70. The van der Waals surface area contributed by atoms with E-state index in [1.54, 1.807) is 13.3 Å². The molecule has 6 heteroatoms. The van der Waals surface area contributed by atoms with E-state index in [-0.39, 0.29) is 0 Å². The van der Waals surface area contributed by atoms with Crippen LogP contribution < -0.4 is 10.2 Å². The van der Waals surface area contributed by atoms with E-state index in [9.17, 15) is 0 Å². The lowest BCUT2D eigenvalue weighted by atomic mass is 10.3. The van der Waals surface area contributed by atoms with Crippen molar-refractivity contribution in [3.8, 4) is 0 Å². The predicted octanol–water partition coefficient (Wildman–Crippen LogP) is 3.51. The molecule has 2 N–H and O–H groups in total. The van der Waals surface area contributed by atoms with Crippen LogP contribution in [0.25, 0.3) is 0 Å². The molecule has 0 saturated carbocycles. The molecule has 1 aromatic heterocycles. The van der Waals surface area contributed by atoms with E-state index in [2.05, 4.69) is 15.2 Å². The lowest BCUT2D eigenvalue weighted by Crippen LogP contribution is -2.05. The van der Waals surface area contributed by atoms with Crippen LogP contribution in [-0.2, 0) is 11.4 Å². The summed E-state index contributed by atoms with van der Waals surface area (Å²) in [4.78, 5) is 10.0. The molecular formula is C13H14ClN3OS. The Morgan fingerprint density at radius 1 is 1.32 bits per heavy atom. The number of benzene rings is 1. The summed E-state index contributed by atoms with van der Waals surface area (Å²) in [5.74, 6) is 0. The number of anilines is 1. The van der Waals surface area contributed by atoms with Crippen molar-refractivity contribution < 1.29 is 4.84 Å². The third-order valence-electron chi connectivity index (χ3n) is 2.31. The lowest BCUT2D eigenvalue weighted by molar-refractivity contribution is 0.271. The Balaban J connectivity index is 1.93. The molecule has 2 aromatic rings. The molecule has 0 atom stereocenters. The molecule has 0 amide bonds. The molecule has 0 unspecified atom stereocenters. The molecule has 100 valence electrons. The largest absolute Gasteiger partial charge is 0.279 e. The maximum Gasteiger partial charge on any atom is 0.0636 e. The zero-order chi connectivity index (χ0) is 13.5. The normalized spacial score (nSPS) is 10.4. The fraction of sp³-hybridized carbons (Fsp3) is 0.154. The van der Waals surface area contributed by atoms with Crippen LogP contribution in [-0.4, -0.2) is 12.1 Å². The van der Waals surface area contributed by atoms with Gasteiger partial charge in [-0.1, -0.05) is 17.7 Å². The summed E-state index contributed by atoms with van der Waals surface area (Å²) in [5, 5.41) is 0.695. The first-order valence-corrected chi connectivity index (χ1v) is 6.87. The molecule has 19 heavy (non-hydrogen) atoms. The minimum absolute atomic E-state index is 0.670. The highest BCUT2D eigenvalue weighted by Gasteiger charge is 2.03. The van der Waals surface area contributed by atoms with Crippen LogP contribution in [0.5, 0.6) is 0 Å². The van der Waals surface area contributed by atoms with Crippen molar-refractivity contribution in [3.05, 3.63) is 53.3 Å². The molecule has 1 aromatic carbocycles. The average molecular weight is 296 g/mol. The van der Waals surface area contributed by atoms with Crippen molar-refractivity contribution in [2.75, 3.05) is 12.6 Å². The summed E-state index contributed by atoms with van der Waals surface area (Å²) in [5.41, 5.74) is 4.61. The van der Waals surface area contributed by atoms with Crippen LogP contribution in [0, 0.1) is 0 Å². The molecule has 0 aliphatic rings. The number of hydrogen-bond acceptors (Lipinski definition) is 5. The number of nitrogens with one attached hydrogen (secondary N) is 2. The van der Waals surface area contributed by atoms with E-state index >= 15 is 0 Å². The van der Waals surface area contributed by atoms with Gasteiger partial charge in [0.2, 0.25) is 0 Å². The van der Waals surface area contributed by atoms with Crippen LogP contribution in [0.1, 0.15) is 5.69 Å². The number of rotatable bonds is 6. The van der Waals surface area contributed by atoms with Gasteiger partial charge in [0.25, 0.3) is 0 Å². The van der Waals surface area contributed by atoms with E-state index in [0.717, 1.165) is 16.3 Å². The quantitative estimate of drug-likeness (QED) is 0.631. The molecule has 0 saturated heterocycles. The Morgan fingerprint density at radius 2 is 2.21 bits per heavy atom. The van der Waals surface area contributed by atoms with Gasteiger partial charge in [-0.3, -0.25) is 20.0 Å². The van der Waals surface area contributed by atoms with Crippen molar-refractivity contribution >= 4 is 29.2 Å². The predicted molar refractivity (Wildman–Crippen MR) is 79.0 cm³/mol. The van der Waals surface area contributed by atoms with Gasteiger partial charge in [-0.25, -0.2) is 0 Å². The zero-order valence-electron chi connectivity index (χ0n) is 10.4. The highest BCUT2D eigenvalue weighted by atomic mass is 35.5. The van der Waals surface area contributed by atoms with Crippen molar-refractivity contribution in [3.63, 3.8) is 0 Å². The minimum Gasteiger partial charge on any atom is -0.279 e. The monoisotopic (exact) mass is 295 g/mol. The maximum absolute atomic E-state index is 6.13. The van der Waals surface area contributed by atoms with E-state index < -0.39 is 0 Å². The first-order chi connectivity index (χ1) is 9.29. The highest BCUT2D eigenvalue weighted by Crippen LogP contribution is 2.28. The van der Waals surface area contributed by atoms with Crippen LogP contribution >= 0.6 is 23.5 Å². The van der Waals surface area contributed by atoms with Gasteiger partial charge in [-0.15, -0.1) is 0 Å². The number of hydrogen-bond donors (Lipinski definition) is 2. The van der Waals surface area contributed by atoms with Gasteiger partial charge in [0.05, 0.1) is 23.5 Å². The van der Waals surface area contributed by atoms with E-state index in [1.807, 2.05) is 36.4 Å². The smallest absolute Gasteiger partial charge is 0.0636 e. The Bertz CT molecular complexity index is 525. The first kappa shape index (κ1) is 14.1. The van der Waals surface area contributed by atoms with Gasteiger partial charge in [-0.2, -0.15) is 0 Å². The van der Waals surface area contributed by atoms with Gasteiger partial charge in [0, 0.05) is 17.6 Å². The summed E-state index contributed by atoms with van der Waals surface area (Å²) in [6, 6.07) is 11.4. The van der Waals surface area contributed by atoms with E-state index in [0.29, 0.717) is 11.6 Å². The maximum atomic E-state index is 6.13. The molecule has 0 bridgehead atoms. The Hall–Kier alpha value is -1.27. The summed E-state index contributed by atoms with van der Waals surface area (Å²) in [6.45, 7) is 0.670. The second-order valence-corrected chi connectivity index (χ2v) is 5.04. The topological polar surface area (TPSA) is 46.2 Å². The molecule has 0 radical (unpaired) electrons. The summed E-state index contributed by atoms with van der Waals surface area (Å²) in [7, 11) is 1.57. The van der Waals surface area contributed by atoms with Crippen molar-refractivity contribution in [2.24, 2.45) is 0 Å². The van der Waals surface area contributed by atoms with Crippen LogP contribution in [0.4, 0.5) is 5.69 Å².